The van der Waals surface area contributed by atoms with Crippen molar-refractivity contribution in [3.63, 3.8) is 0 Å². The van der Waals surface area contributed by atoms with Crippen LogP contribution in [0.3, 0.4) is 0 Å². The van der Waals surface area contributed by atoms with E-state index in [9.17, 15) is 4.79 Å². The Morgan fingerprint density at radius 3 is 2.38 bits per heavy atom. The second-order valence-corrected chi connectivity index (χ2v) is 3.45. The second-order valence-electron chi connectivity index (χ2n) is 3.45. The van der Waals surface area contributed by atoms with Gasteiger partial charge in [-0.2, -0.15) is 0 Å². The first kappa shape index (κ1) is 10.5. The maximum atomic E-state index is 10.5. The largest absolute Gasteiger partial charge is 0.392 e. The molecule has 0 radical (unpaired) electrons. The molecule has 0 fully saturated rings. The highest BCUT2D eigenvalue weighted by Crippen LogP contribution is 2.17. The van der Waals surface area contributed by atoms with Gasteiger partial charge in [0.2, 0.25) is 0 Å². The first-order valence-electron chi connectivity index (χ1n) is 4.95. The number of hydrogen-bond acceptors (Lipinski definition) is 3. The number of benzene rings is 1. The van der Waals surface area contributed by atoms with Crippen LogP contribution in [0.5, 0.6) is 0 Å². The zero-order chi connectivity index (χ0) is 11.4. The van der Waals surface area contributed by atoms with Crippen molar-refractivity contribution in [2.75, 3.05) is 0 Å². The zero-order valence-electron chi connectivity index (χ0n) is 8.63. The molecule has 80 valence electrons. The molecule has 0 unspecified atom stereocenters. The van der Waals surface area contributed by atoms with E-state index in [0.717, 1.165) is 23.1 Å². The highest BCUT2D eigenvalue weighted by molar-refractivity contribution is 5.75. The van der Waals surface area contributed by atoms with E-state index in [1.165, 1.54) is 0 Å². The van der Waals surface area contributed by atoms with Gasteiger partial charge >= 0.3 is 0 Å². The third-order valence-electron chi connectivity index (χ3n) is 2.35. The van der Waals surface area contributed by atoms with Crippen molar-refractivity contribution in [3.05, 3.63) is 53.7 Å². The van der Waals surface area contributed by atoms with Crippen molar-refractivity contribution in [3.8, 4) is 11.3 Å². The Hall–Kier alpha value is -2.00. The maximum absolute atomic E-state index is 10.5. The molecule has 0 bridgehead atoms. The molecule has 16 heavy (non-hydrogen) atoms. The van der Waals surface area contributed by atoms with Crippen molar-refractivity contribution in [1.82, 2.24) is 4.98 Å². The molecule has 0 aliphatic heterocycles. The fourth-order valence-corrected chi connectivity index (χ4v) is 1.43. The normalized spacial score (nSPS) is 10.1. The SMILES string of the molecule is O=Cc1ccc(-c2ccc(CO)cc2)nc1. The first-order chi connectivity index (χ1) is 7.83. The van der Waals surface area contributed by atoms with Crippen molar-refractivity contribution >= 4 is 6.29 Å². The van der Waals surface area contributed by atoms with Gasteiger partial charge in [-0.3, -0.25) is 9.78 Å². The van der Waals surface area contributed by atoms with Gasteiger partial charge in [0.15, 0.2) is 6.29 Å². The Bertz CT molecular complexity index is 474. The van der Waals surface area contributed by atoms with E-state index in [1.807, 2.05) is 24.3 Å². The quantitative estimate of drug-likeness (QED) is 0.794. The summed E-state index contributed by atoms with van der Waals surface area (Å²) in [7, 11) is 0. The summed E-state index contributed by atoms with van der Waals surface area (Å²) in [5, 5.41) is 8.91. The number of rotatable bonds is 3. The number of aliphatic hydroxyl groups is 1. The number of nitrogens with zero attached hydrogens (tertiary/aromatic N) is 1. The summed E-state index contributed by atoms with van der Waals surface area (Å²) < 4.78 is 0. The third-order valence-corrected chi connectivity index (χ3v) is 2.35. The van der Waals surface area contributed by atoms with Gasteiger partial charge in [0.1, 0.15) is 0 Å². The summed E-state index contributed by atoms with van der Waals surface area (Å²) in [6, 6.07) is 11.0. The smallest absolute Gasteiger partial charge is 0.151 e. The van der Waals surface area contributed by atoms with Gasteiger partial charge in [-0.1, -0.05) is 24.3 Å². The van der Waals surface area contributed by atoms with Crippen LogP contribution in [0.4, 0.5) is 0 Å². The number of pyridine rings is 1. The van der Waals surface area contributed by atoms with E-state index in [-0.39, 0.29) is 6.61 Å². The van der Waals surface area contributed by atoms with Crippen LogP contribution in [0, 0.1) is 0 Å². The monoisotopic (exact) mass is 213 g/mol. The highest BCUT2D eigenvalue weighted by atomic mass is 16.3. The van der Waals surface area contributed by atoms with Crippen LogP contribution in [0.15, 0.2) is 42.6 Å². The Morgan fingerprint density at radius 1 is 1.12 bits per heavy atom. The van der Waals surface area contributed by atoms with Crippen LogP contribution >= 0.6 is 0 Å². The molecule has 2 rings (SSSR count). The molecule has 0 amide bonds. The van der Waals surface area contributed by atoms with Gasteiger partial charge < -0.3 is 5.11 Å². The van der Waals surface area contributed by atoms with Crippen LogP contribution in [0.1, 0.15) is 15.9 Å². The van der Waals surface area contributed by atoms with Crippen molar-refractivity contribution < 1.29 is 9.90 Å². The van der Waals surface area contributed by atoms with Gasteiger partial charge in [0, 0.05) is 17.3 Å². The molecule has 3 heteroatoms. The number of carbonyl (C=O) groups is 1. The van der Waals surface area contributed by atoms with Crippen LogP contribution in [0.2, 0.25) is 0 Å². The van der Waals surface area contributed by atoms with Gasteiger partial charge in [0.25, 0.3) is 0 Å². The van der Waals surface area contributed by atoms with Crippen molar-refractivity contribution in [2.24, 2.45) is 0 Å². The van der Waals surface area contributed by atoms with E-state index >= 15 is 0 Å². The van der Waals surface area contributed by atoms with E-state index in [1.54, 1.807) is 18.3 Å². The Kier molecular flexibility index (Phi) is 3.08. The minimum Gasteiger partial charge on any atom is -0.392 e. The molecule has 0 spiro atoms. The number of aldehydes is 1. The average molecular weight is 213 g/mol. The van der Waals surface area contributed by atoms with Gasteiger partial charge in [-0.15, -0.1) is 0 Å². The maximum Gasteiger partial charge on any atom is 0.151 e. The molecule has 0 aliphatic carbocycles. The van der Waals surface area contributed by atoms with Crippen LogP contribution in [-0.2, 0) is 6.61 Å². The summed E-state index contributed by atoms with van der Waals surface area (Å²) >= 11 is 0. The standard InChI is InChI=1S/C13H11NO2/c15-8-10-1-4-12(5-2-10)13-6-3-11(9-16)7-14-13/h1-7,9,15H,8H2. The van der Waals surface area contributed by atoms with Crippen LogP contribution < -0.4 is 0 Å². The average Bonchev–Trinajstić information content (AvgIpc) is 2.39. The molecule has 1 aromatic heterocycles. The minimum atomic E-state index is 0.0395. The van der Waals surface area contributed by atoms with Crippen LogP contribution in [0.25, 0.3) is 11.3 Å². The lowest BCUT2D eigenvalue weighted by molar-refractivity contribution is 0.112. The Balaban J connectivity index is 2.31. The first-order valence-corrected chi connectivity index (χ1v) is 4.95. The molecule has 0 aliphatic rings. The molecular weight excluding hydrogens is 202 g/mol. The number of hydrogen-bond donors (Lipinski definition) is 1. The Morgan fingerprint density at radius 2 is 1.88 bits per heavy atom. The van der Waals surface area contributed by atoms with E-state index in [2.05, 4.69) is 4.98 Å². The highest BCUT2D eigenvalue weighted by Gasteiger charge is 1.99. The second kappa shape index (κ2) is 4.68. The molecule has 1 N–H and O–H groups in total. The summed E-state index contributed by atoms with van der Waals surface area (Å²) in [6.45, 7) is 0.0395. The van der Waals surface area contributed by atoms with Crippen LogP contribution in [-0.4, -0.2) is 16.4 Å². The summed E-state index contributed by atoms with van der Waals surface area (Å²) in [5.41, 5.74) is 3.22. The van der Waals surface area contributed by atoms with Crippen molar-refractivity contribution in [1.29, 1.82) is 0 Å². The molecule has 0 saturated carbocycles. The summed E-state index contributed by atoms with van der Waals surface area (Å²) in [4.78, 5) is 14.7. The number of aliphatic hydroxyl groups excluding tert-OH is 1. The summed E-state index contributed by atoms with van der Waals surface area (Å²) in [5.74, 6) is 0. The third kappa shape index (κ3) is 2.15. The number of carbonyl (C=O) groups excluding carboxylic acids is 1. The number of aromatic nitrogens is 1. The topological polar surface area (TPSA) is 50.2 Å². The molecule has 3 nitrogen and oxygen atoms in total. The van der Waals surface area contributed by atoms with E-state index in [4.69, 9.17) is 5.11 Å². The zero-order valence-corrected chi connectivity index (χ0v) is 8.63. The molecule has 0 saturated heterocycles. The van der Waals surface area contributed by atoms with Crippen molar-refractivity contribution in [2.45, 2.75) is 6.61 Å². The van der Waals surface area contributed by atoms with E-state index < -0.39 is 0 Å². The lowest BCUT2D eigenvalue weighted by Gasteiger charge is -2.02. The Labute approximate surface area is 93.4 Å². The fraction of sp³-hybridized carbons (Fsp3) is 0.0769. The molecule has 1 heterocycles. The predicted molar refractivity (Wildman–Crippen MR) is 61.0 cm³/mol. The van der Waals surface area contributed by atoms with Gasteiger partial charge in [-0.25, -0.2) is 0 Å². The van der Waals surface area contributed by atoms with E-state index in [0.29, 0.717) is 5.56 Å². The lowest BCUT2D eigenvalue weighted by atomic mass is 10.1. The molecule has 1 aromatic carbocycles. The summed E-state index contributed by atoms with van der Waals surface area (Å²) in [6.07, 6.45) is 2.31. The predicted octanol–water partition coefficient (Wildman–Crippen LogP) is 2.05. The molecule has 2 aromatic rings. The van der Waals surface area contributed by atoms with Gasteiger partial charge in [0.05, 0.1) is 12.3 Å². The molecular formula is C13H11NO2. The lowest BCUT2D eigenvalue weighted by Crippen LogP contribution is -1.87. The fourth-order valence-electron chi connectivity index (χ4n) is 1.43. The molecule has 0 atom stereocenters. The van der Waals surface area contributed by atoms with Gasteiger partial charge in [-0.05, 0) is 17.7 Å². The minimum absolute atomic E-state index is 0.0395.